The molecule has 3 saturated heterocycles. The zero-order valence-electron chi connectivity index (χ0n) is 28.0. The molecule has 4 heterocycles. The highest BCUT2D eigenvalue weighted by atomic mass is 35.5. The van der Waals surface area contributed by atoms with E-state index in [0.29, 0.717) is 77.8 Å². The van der Waals surface area contributed by atoms with Crippen LogP contribution in [0.25, 0.3) is 0 Å². The van der Waals surface area contributed by atoms with Gasteiger partial charge in [0.05, 0.1) is 16.3 Å². The summed E-state index contributed by atoms with van der Waals surface area (Å²) in [5, 5.41) is 5.59. The lowest BCUT2D eigenvalue weighted by Gasteiger charge is -2.38. The molecule has 1 atom stereocenters. The summed E-state index contributed by atoms with van der Waals surface area (Å²) in [6.45, 7) is 5.06. The maximum atomic E-state index is 14.1. The van der Waals surface area contributed by atoms with Crippen LogP contribution < -0.4 is 16.4 Å². The Hall–Kier alpha value is -3.75. The average molecular weight is 720 g/mol. The van der Waals surface area contributed by atoms with E-state index in [9.17, 15) is 27.6 Å². The number of carbonyl (C=O) groups is 3. The molecule has 11 nitrogen and oxygen atoms in total. The number of amides is 5. The third-order valence-corrected chi connectivity index (χ3v) is 10.7. The minimum atomic E-state index is -4.75. The fourth-order valence-electron chi connectivity index (χ4n) is 7.61. The molecule has 6 rings (SSSR count). The molecule has 0 unspecified atom stereocenters. The number of rotatable bonds is 6. The zero-order chi connectivity index (χ0) is 35.4. The molecule has 0 bridgehead atoms. The van der Waals surface area contributed by atoms with Crippen LogP contribution in [0.2, 0.25) is 5.02 Å². The summed E-state index contributed by atoms with van der Waals surface area (Å²) in [7, 11) is 0. The van der Waals surface area contributed by atoms with E-state index in [0.717, 1.165) is 43.1 Å². The van der Waals surface area contributed by atoms with Crippen LogP contribution in [-0.2, 0) is 28.5 Å². The van der Waals surface area contributed by atoms with Gasteiger partial charge in [0.15, 0.2) is 0 Å². The maximum absolute atomic E-state index is 14.1. The zero-order valence-corrected chi connectivity index (χ0v) is 28.8. The molecule has 4 aliphatic heterocycles. The highest BCUT2D eigenvalue weighted by Gasteiger charge is 2.37. The number of nitrogen functional groups attached to an aromatic ring is 1. The van der Waals surface area contributed by atoms with Crippen molar-refractivity contribution >= 4 is 40.9 Å². The lowest BCUT2D eigenvalue weighted by Crippen LogP contribution is -2.56. The van der Waals surface area contributed by atoms with Gasteiger partial charge < -0.3 is 35.8 Å². The van der Waals surface area contributed by atoms with E-state index in [1.54, 1.807) is 9.80 Å². The first-order valence-electron chi connectivity index (χ1n) is 17.4. The summed E-state index contributed by atoms with van der Waals surface area (Å²) in [6.07, 6.45) is -0.538. The fourth-order valence-corrected chi connectivity index (χ4v) is 7.86. The first-order chi connectivity index (χ1) is 24.0. The third kappa shape index (κ3) is 8.40. The number of benzene rings is 2. The van der Waals surface area contributed by atoms with E-state index >= 15 is 0 Å². The number of ether oxygens (including phenoxy) is 1. The van der Waals surface area contributed by atoms with Gasteiger partial charge in [0.25, 0.3) is 0 Å². The Labute approximate surface area is 295 Å². The molecule has 272 valence electrons. The van der Waals surface area contributed by atoms with E-state index < -0.39 is 29.5 Å². The summed E-state index contributed by atoms with van der Waals surface area (Å²) in [5.74, 6) is -0.357. The van der Waals surface area contributed by atoms with Gasteiger partial charge in [-0.2, -0.15) is 13.2 Å². The van der Waals surface area contributed by atoms with Crippen LogP contribution in [0.15, 0.2) is 36.4 Å². The molecule has 15 heteroatoms. The van der Waals surface area contributed by atoms with Crippen molar-refractivity contribution in [1.29, 1.82) is 0 Å². The van der Waals surface area contributed by atoms with Crippen molar-refractivity contribution in [3.63, 3.8) is 0 Å². The number of anilines is 2. The number of likely N-dealkylation sites (tertiary alicyclic amines) is 1. The van der Waals surface area contributed by atoms with Gasteiger partial charge in [-0.25, -0.2) is 9.59 Å². The highest BCUT2D eigenvalue weighted by molar-refractivity contribution is 6.33. The third-order valence-electron chi connectivity index (χ3n) is 10.4. The number of piperidine rings is 1. The van der Waals surface area contributed by atoms with E-state index in [2.05, 4.69) is 15.5 Å². The second-order valence-corrected chi connectivity index (χ2v) is 14.0. The minimum Gasteiger partial charge on any atom is -0.397 e. The molecule has 4 aliphatic rings. The van der Waals surface area contributed by atoms with Crippen molar-refractivity contribution in [2.75, 3.05) is 70.1 Å². The molecule has 50 heavy (non-hydrogen) atoms. The molecule has 2 aromatic rings. The number of para-hydroxylation sites is 1. The Kier molecular flexibility index (Phi) is 11.3. The van der Waals surface area contributed by atoms with Gasteiger partial charge in [-0.15, -0.1) is 0 Å². The lowest BCUT2D eigenvalue weighted by molar-refractivity contribution is -0.137. The summed E-state index contributed by atoms with van der Waals surface area (Å²) in [4.78, 5) is 48.5. The molecule has 0 radical (unpaired) electrons. The molecule has 4 N–H and O–H groups in total. The number of halogens is 4. The first-order valence-corrected chi connectivity index (χ1v) is 17.8. The Morgan fingerprint density at radius 1 is 0.960 bits per heavy atom. The summed E-state index contributed by atoms with van der Waals surface area (Å²) in [5.41, 5.74) is 6.02. The molecular formula is C35H45ClF3N7O4. The quantitative estimate of drug-likeness (QED) is 0.368. The van der Waals surface area contributed by atoms with Crippen LogP contribution in [0, 0.1) is 0 Å². The number of carbonyl (C=O) groups excluding carboxylic acids is 3. The molecule has 2 aromatic carbocycles. The molecule has 5 amide bonds. The first kappa shape index (κ1) is 36.1. The number of nitrogens with one attached hydrogen (secondary N) is 2. The van der Waals surface area contributed by atoms with Gasteiger partial charge in [0.2, 0.25) is 5.91 Å². The predicted molar refractivity (Wildman–Crippen MR) is 184 cm³/mol. The number of hydrogen-bond acceptors (Lipinski definition) is 6. The van der Waals surface area contributed by atoms with Crippen molar-refractivity contribution in [3.8, 4) is 0 Å². The minimum absolute atomic E-state index is 0.0701. The van der Waals surface area contributed by atoms with Crippen molar-refractivity contribution in [1.82, 2.24) is 24.9 Å². The van der Waals surface area contributed by atoms with Crippen molar-refractivity contribution in [2.24, 2.45) is 0 Å². The summed E-state index contributed by atoms with van der Waals surface area (Å²) in [6, 6.07) is 8.47. The number of alkyl halides is 3. The number of fused-ring (bicyclic) bond motifs is 1. The van der Waals surface area contributed by atoms with Gasteiger partial charge in [0, 0.05) is 83.2 Å². The van der Waals surface area contributed by atoms with Gasteiger partial charge in [-0.05, 0) is 67.9 Å². The van der Waals surface area contributed by atoms with Crippen LogP contribution in [0.3, 0.4) is 0 Å². The number of hydrogen-bond donors (Lipinski definition) is 3. The number of nitrogens with two attached hydrogens (primary N) is 1. The molecule has 0 aromatic heterocycles. The summed E-state index contributed by atoms with van der Waals surface area (Å²) >= 11 is 6.14. The SMILES string of the molecule is Nc1c(Cl)cc(C[C@@H](NC(=O)N2CCC(N3CCc4ccccc4NC3=O)CC2)C(=O)N2CCCN(C3CCOCC3)CC2)cc1C(F)(F)F. The van der Waals surface area contributed by atoms with Crippen LogP contribution >= 0.6 is 11.6 Å². The van der Waals surface area contributed by atoms with E-state index in [1.807, 2.05) is 29.2 Å². The second-order valence-electron chi connectivity index (χ2n) is 13.6. The molecule has 0 spiro atoms. The summed E-state index contributed by atoms with van der Waals surface area (Å²) < 4.78 is 47.0. The second kappa shape index (κ2) is 15.6. The van der Waals surface area contributed by atoms with E-state index in [4.69, 9.17) is 22.1 Å². The van der Waals surface area contributed by atoms with Crippen molar-refractivity contribution in [2.45, 2.75) is 69.2 Å². The van der Waals surface area contributed by atoms with Crippen molar-refractivity contribution in [3.05, 3.63) is 58.1 Å². The monoisotopic (exact) mass is 719 g/mol. The normalized spacial score (nSPS) is 20.8. The average Bonchev–Trinajstić information content (AvgIpc) is 3.45. The van der Waals surface area contributed by atoms with Crippen molar-refractivity contribution < 1.29 is 32.3 Å². The Bertz CT molecular complexity index is 1550. The number of urea groups is 2. The standard InChI is InChI=1S/C35H45ClF3N7O4/c36-28-21-23(20-27(31(28)40)35(37,38)39)22-30(32(47)44-12-3-11-43(16-17-44)25-9-18-50-19-10-25)42-33(48)45-13-7-26(8-14-45)46-15-6-24-4-1-2-5-29(24)41-34(46)49/h1-2,4-5,20-21,25-26,30H,3,6-19,22,40H2,(H,41,49)(H,42,48)/t30-/m1/s1. The van der Waals surface area contributed by atoms with Crippen LogP contribution in [-0.4, -0.2) is 115 Å². The smallest absolute Gasteiger partial charge is 0.397 e. The fraction of sp³-hybridized carbons (Fsp3) is 0.571. The van der Waals surface area contributed by atoms with Gasteiger partial charge in [-0.3, -0.25) is 9.69 Å². The lowest BCUT2D eigenvalue weighted by atomic mass is 10.0. The van der Waals surface area contributed by atoms with Gasteiger partial charge in [-0.1, -0.05) is 29.8 Å². The van der Waals surface area contributed by atoms with Crippen LogP contribution in [0.4, 0.5) is 34.1 Å². The van der Waals surface area contributed by atoms with Gasteiger partial charge >= 0.3 is 18.2 Å². The maximum Gasteiger partial charge on any atom is 0.418 e. The largest absolute Gasteiger partial charge is 0.418 e. The Morgan fingerprint density at radius 2 is 1.70 bits per heavy atom. The van der Waals surface area contributed by atoms with Gasteiger partial charge in [0.1, 0.15) is 6.04 Å². The van der Waals surface area contributed by atoms with E-state index in [1.165, 1.54) is 6.07 Å². The molecule has 0 aliphatic carbocycles. The Morgan fingerprint density at radius 3 is 2.44 bits per heavy atom. The van der Waals surface area contributed by atoms with Crippen LogP contribution in [0.5, 0.6) is 0 Å². The number of nitrogens with zero attached hydrogens (tertiary/aromatic N) is 4. The van der Waals surface area contributed by atoms with E-state index in [-0.39, 0.29) is 35.0 Å². The molecular weight excluding hydrogens is 675 g/mol. The molecule has 0 saturated carbocycles. The molecule has 3 fully saturated rings. The topological polar surface area (TPSA) is 123 Å². The van der Waals surface area contributed by atoms with Crippen LogP contribution in [0.1, 0.15) is 48.8 Å². The highest BCUT2D eigenvalue weighted by Crippen LogP contribution is 2.38. The Balaban J connectivity index is 1.14. The predicted octanol–water partition coefficient (Wildman–Crippen LogP) is 4.83.